The van der Waals surface area contributed by atoms with Crippen LogP contribution in [-0.2, 0) is 30.9 Å². The number of hydrogen-bond acceptors (Lipinski definition) is 6. The first kappa shape index (κ1) is 21.1. The third kappa shape index (κ3) is 5.05. The van der Waals surface area contributed by atoms with Gasteiger partial charge in [0.15, 0.2) is 0 Å². The van der Waals surface area contributed by atoms with Crippen LogP contribution < -0.4 is 9.04 Å². The van der Waals surface area contributed by atoms with Crippen molar-refractivity contribution in [3.63, 3.8) is 0 Å². The van der Waals surface area contributed by atoms with E-state index < -0.39 is 26.1 Å². The molecule has 0 saturated heterocycles. The number of hydrogen-bond donors (Lipinski definition) is 0. The molecular weight excluding hydrogens is 470 g/mol. The molecule has 0 amide bonds. The monoisotopic (exact) mass is 489 g/mol. The van der Waals surface area contributed by atoms with Crippen LogP contribution in [0.1, 0.15) is 17.0 Å². The molecule has 3 rings (SSSR count). The molecule has 0 saturated carbocycles. The van der Waals surface area contributed by atoms with E-state index in [2.05, 4.69) is 15.9 Å². The number of nitrogens with zero attached hydrogens (tertiary/aromatic N) is 1. The topological polar surface area (TPSA) is 90.0 Å². The van der Waals surface area contributed by atoms with Gasteiger partial charge < -0.3 is 4.74 Å². The lowest BCUT2D eigenvalue weighted by Gasteiger charge is -2.18. The van der Waals surface area contributed by atoms with Crippen molar-refractivity contribution in [2.24, 2.45) is 0 Å². The third-order valence-corrected chi connectivity index (χ3v) is 6.63. The maximum Gasteiger partial charge on any atom is 0.264 e. The Kier molecular flexibility index (Phi) is 6.04. The Hall–Kier alpha value is -1.62. The Labute approximate surface area is 173 Å². The summed E-state index contributed by atoms with van der Waals surface area (Å²) in [6.45, 7) is 0.310. The lowest BCUT2D eigenvalue weighted by Crippen LogP contribution is -2.29. The molecule has 0 bridgehead atoms. The Bertz CT molecular complexity index is 1070. The number of ether oxygens (including phenoxy) is 1. The molecule has 10 heteroatoms. The zero-order valence-electron chi connectivity index (χ0n) is 15.3. The first-order valence-electron chi connectivity index (χ1n) is 8.37. The molecule has 1 aliphatic rings. The van der Waals surface area contributed by atoms with Crippen LogP contribution in [0.5, 0.6) is 5.75 Å². The lowest BCUT2D eigenvalue weighted by atomic mass is 10.0. The van der Waals surface area contributed by atoms with Crippen molar-refractivity contribution in [1.82, 2.24) is 0 Å². The molecule has 1 atom stereocenters. The molecule has 152 valence electrons. The molecule has 0 aliphatic carbocycles. The fraction of sp³-hybridized carbons (Fsp3) is 0.333. The second kappa shape index (κ2) is 8.02. The molecule has 1 aliphatic heterocycles. The van der Waals surface area contributed by atoms with Crippen LogP contribution in [0.4, 0.5) is 5.69 Å². The zero-order chi connectivity index (χ0) is 20.5. The van der Waals surface area contributed by atoms with Crippen molar-refractivity contribution in [3.8, 4) is 5.75 Å². The van der Waals surface area contributed by atoms with E-state index in [0.717, 1.165) is 18.1 Å². The van der Waals surface area contributed by atoms with Crippen LogP contribution in [-0.4, -0.2) is 42.5 Å². The summed E-state index contributed by atoms with van der Waals surface area (Å²) in [5.41, 5.74) is 2.14. The molecule has 2 aromatic carbocycles. The van der Waals surface area contributed by atoms with Crippen LogP contribution in [0.2, 0.25) is 0 Å². The highest BCUT2D eigenvalue weighted by Crippen LogP contribution is 2.43. The van der Waals surface area contributed by atoms with Crippen LogP contribution >= 0.6 is 15.9 Å². The average Bonchev–Trinajstić information content (AvgIpc) is 2.96. The zero-order valence-corrected chi connectivity index (χ0v) is 18.6. The lowest BCUT2D eigenvalue weighted by molar-refractivity contribution is 0.299. The second-order valence-electron chi connectivity index (χ2n) is 6.60. The van der Waals surface area contributed by atoms with Gasteiger partial charge in [-0.05, 0) is 33.1 Å². The molecule has 0 fully saturated rings. The van der Waals surface area contributed by atoms with Gasteiger partial charge in [0.2, 0.25) is 10.0 Å². The van der Waals surface area contributed by atoms with E-state index in [1.165, 1.54) is 4.31 Å². The summed E-state index contributed by atoms with van der Waals surface area (Å²) in [7, 11) is -7.17. The Morgan fingerprint density at radius 2 is 1.79 bits per heavy atom. The number of anilines is 1. The van der Waals surface area contributed by atoms with Crippen molar-refractivity contribution in [2.75, 3.05) is 30.0 Å². The summed E-state index contributed by atoms with van der Waals surface area (Å²) in [6, 6.07) is 13.0. The van der Waals surface area contributed by atoms with Gasteiger partial charge in [-0.2, -0.15) is 8.42 Å². The minimum absolute atomic E-state index is 0.109. The quantitative estimate of drug-likeness (QED) is 0.555. The SMILES string of the molecule is CS(=O)(=O)OCC1CN(S(C)(=O)=O)c2cc(OCc3ccccc3)c(Br)cc21. The fourth-order valence-electron chi connectivity index (χ4n) is 3.01. The van der Waals surface area contributed by atoms with E-state index in [4.69, 9.17) is 8.92 Å². The van der Waals surface area contributed by atoms with Crippen molar-refractivity contribution in [1.29, 1.82) is 0 Å². The Morgan fingerprint density at radius 1 is 1.11 bits per heavy atom. The molecule has 1 heterocycles. The predicted octanol–water partition coefficient (Wildman–Crippen LogP) is 2.87. The van der Waals surface area contributed by atoms with E-state index in [9.17, 15) is 16.8 Å². The van der Waals surface area contributed by atoms with Crippen molar-refractivity contribution in [2.45, 2.75) is 12.5 Å². The molecule has 0 N–H and O–H groups in total. The number of rotatable bonds is 7. The summed E-state index contributed by atoms with van der Waals surface area (Å²) in [4.78, 5) is 0. The third-order valence-electron chi connectivity index (χ3n) is 4.30. The van der Waals surface area contributed by atoms with Crippen molar-refractivity contribution in [3.05, 3.63) is 58.1 Å². The molecule has 2 aromatic rings. The van der Waals surface area contributed by atoms with Gasteiger partial charge >= 0.3 is 0 Å². The first-order valence-corrected chi connectivity index (χ1v) is 12.8. The number of sulfonamides is 1. The molecule has 0 aromatic heterocycles. The van der Waals surface area contributed by atoms with Crippen molar-refractivity contribution < 1.29 is 25.8 Å². The Morgan fingerprint density at radius 3 is 2.39 bits per heavy atom. The predicted molar refractivity (Wildman–Crippen MR) is 111 cm³/mol. The van der Waals surface area contributed by atoms with E-state index in [0.29, 0.717) is 28.1 Å². The van der Waals surface area contributed by atoms with E-state index in [1.807, 2.05) is 30.3 Å². The summed E-state index contributed by atoms with van der Waals surface area (Å²) >= 11 is 3.46. The highest BCUT2D eigenvalue weighted by molar-refractivity contribution is 9.10. The maximum atomic E-state index is 12.2. The van der Waals surface area contributed by atoms with Gasteiger partial charge in [-0.3, -0.25) is 8.49 Å². The summed E-state index contributed by atoms with van der Waals surface area (Å²) in [5, 5.41) is 0. The van der Waals surface area contributed by atoms with Crippen LogP contribution in [0.3, 0.4) is 0 Å². The van der Waals surface area contributed by atoms with E-state index in [-0.39, 0.29) is 13.2 Å². The van der Waals surface area contributed by atoms with Gasteiger partial charge in [0.25, 0.3) is 10.1 Å². The van der Waals surface area contributed by atoms with Crippen LogP contribution in [0.25, 0.3) is 0 Å². The minimum Gasteiger partial charge on any atom is -0.488 e. The molecule has 0 radical (unpaired) electrons. The smallest absolute Gasteiger partial charge is 0.264 e. The van der Waals surface area contributed by atoms with Gasteiger partial charge in [-0.15, -0.1) is 0 Å². The molecule has 0 spiro atoms. The van der Waals surface area contributed by atoms with Gasteiger partial charge in [0.05, 0.1) is 29.3 Å². The number of fused-ring (bicyclic) bond motifs is 1. The second-order valence-corrected chi connectivity index (χ2v) is 11.0. The van der Waals surface area contributed by atoms with Crippen LogP contribution in [0, 0.1) is 0 Å². The van der Waals surface area contributed by atoms with E-state index >= 15 is 0 Å². The minimum atomic E-state index is -3.63. The summed E-state index contributed by atoms with van der Waals surface area (Å²) < 4.78 is 59.8. The maximum absolute atomic E-state index is 12.2. The molecule has 7 nitrogen and oxygen atoms in total. The highest BCUT2D eigenvalue weighted by atomic mass is 79.9. The largest absolute Gasteiger partial charge is 0.488 e. The fourth-order valence-corrected chi connectivity index (χ4v) is 4.86. The molecule has 28 heavy (non-hydrogen) atoms. The summed E-state index contributed by atoms with van der Waals surface area (Å²) in [6.07, 6.45) is 2.08. The van der Waals surface area contributed by atoms with Gasteiger partial charge in [-0.1, -0.05) is 30.3 Å². The average molecular weight is 490 g/mol. The van der Waals surface area contributed by atoms with Gasteiger partial charge in [-0.25, -0.2) is 8.42 Å². The number of benzene rings is 2. The standard InChI is InChI=1S/C18H20BrNO6S2/c1-27(21,22)20-10-14(12-26-28(2,23)24)15-8-16(19)18(9-17(15)20)25-11-13-6-4-3-5-7-13/h3-9,14H,10-12H2,1-2H3. The molecule has 1 unspecified atom stereocenters. The van der Waals surface area contributed by atoms with E-state index in [1.54, 1.807) is 12.1 Å². The highest BCUT2D eigenvalue weighted by Gasteiger charge is 2.35. The summed E-state index contributed by atoms with van der Waals surface area (Å²) in [5.74, 6) is 0.0971. The first-order chi connectivity index (χ1) is 13.0. The Balaban J connectivity index is 1.91. The van der Waals surface area contributed by atoms with Gasteiger partial charge in [0, 0.05) is 18.5 Å². The van der Waals surface area contributed by atoms with Gasteiger partial charge in [0.1, 0.15) is 12.4 Å². The van der Waals surface area contributed by atoms with Crippen molar-refractivity contribution >= 4 is 41.8 Å². The number of halogens is 1. The normalized spacial score (nSPS) is 16.8. The molecular formula is C18H20BrNO6S2. The van der Waals surface area contributed by atoms with Crippen LogP contribution in [0.15, 0.2) is 46.9 Å².